The zero-order valence-corrected chi connectivity index (χ0v) is 20.2. The summed E-state index contributed by atoms with van der Waals surface area (Å²) in [5, 5.41) is 7.29. The number of amides is 3. The third-order valence-corrected chi connectivity index (χ3v) is 5.91. The normalized spacial score (nSPS) is 13.6. The lowest BCUT2D eigenvalue weighted by Crippen LogP contribution is -2.35. The fraction of sp³-hybridized carbons (Fsp3) is 0.520. The maximum Gasteiger partial charge on any atom is 0.274 e. The number of aryl methyl sites for hydroxylation is 1. The number of nitrogens with one attached hydrogen (secondary N) is 1. The van der Waals surface area contributed by atoms with Crippen molar-refractivity contribution < 1.29 is 18.8 Å². The minimum Gasteiger partial charge on any atom is -0.356 e. The first-order valence-electron chi connectivity index (χ1n) is 12.0. The Morgan fingerprint density at radius 2 is 1.94 bits per heavy atom. The van der Waals surface area contributed by atoms with Crippen LogP contribution < -0.4 is 5.32 Å². The summed E-state index contributed by atoms with van der Waals surface area (Å²) in [6.45, 7) is 8.84. The standard InChI is InChI=1S/C25H34FN5O3/c1-4-29(15-11-23(32)27-12-10-18(2)3)24(33)21-16-22-25(34)30(13-5-14-31(22)28-21)17-19-6-8-20(26)9-7-19/h6-9,16,18H,4-5,10-15,17H2,1-3H3,(H,27,32). The lowest BCUT2D eigenvalue weighted by atomic mass is 10.1. The second kappa shape index (κ2) is 11.8. The van der Waals surface area contributed by atoms with Crippen molar-refractivity contribution in [3.63, 3.8) is 0 Å². The number of aromatic nitrogens is 2. The van der Waals surface area contributed by atoms with E-state index in [4.69, 9.17) is 0 Å². The van der Waals surface area contributed by atoms with Gasteiger partial charge in [0, 0.05) is 51.8 Å². The Balaban J connectivity index is 1.64. The molecule has 1 aromatic heterocycles. The molecule has 3 rings (SSSR count). The van der Waals surface area contributed by atoms with Crippen molar-refractivity contribution in [1.29, 1.82) is 0 Å². The zero-order chi connectivity index (χ0) is 24.7. The molecule has 34 heavy (non-hydrogen) atoms. The fourth-order valence-corrected chi connectivity index (χ4v) is 3.89. The zero-order valence-electron chi connectivity index (χ0n) is 20.2. The van der Waals surface area contributed by atoms with Gasteiger partial charge in [-0.15, -0.1) is 0 Å². The SMILES string of the molecule is CCN(CCC(=O)NCCC(C)C)C(=O)c1cc2n(n1)CCCN(Cc1ccc(F)cc1)C2=O. The molecule has 1 aliphatic heterocycles. The van der Waals surface area contributed by atoms with Crippen molar-refractivity contribution in [2.75, 3.05) is 26.2 Å². The van der Waals surface area contributed by atoms with Crippen molar-refractivity contribution in [2.24, 2.45) is 5.92 Å². The number of hydrogen-bond donors (Lipinski definition) is 1. The molecule has 0 atom stereocenters. The number of rotatable bonds is 10. The van der Waals surface area contributed by atoms with Gasteiger partial charge >= 0.3 is 0 Å². The number of halogens is 1. The van der Waals surface area contributed by atoms with Crippen LogP contribution in [0.15, 0.2) is 30.3 Å². The summed E-state index contributed by atoms with van der Waals surface area (Å²) in [5.74, 6) is -0.392. The Hall–Kier alpha value is -3.23. The van der Waals surface area contributed by atoms with E-state index in [-0.39, 0.29) is 42.2 Å². The van der Waals surface area contributed by atoms with Crippen LogP contribution in [0.3, 0.4) is 0 Å². The van der Waals surface area contributed by atoms with Crippen LogP contribution in [0, 0.1) is 11.7 Å². The van der Waals surface area contributed by atoms with Crippen molar-refractivity contribution in [3.8, 4) is 0 Å². The molecule has 0 saturated heterocycles. The summed E-state index contributed by atoms with van der Waals surface area (Å²) in [7, 11) is 0. The summed E-state index contributed by atoms with van der Waals surface area (Å²) < 4.78 is 14.8. The maximum absolute atomic E-state index is 13.2. The van der Waals surface area contributed by atoms with Gasteiger partial charge in [-0.05, 0) is 43.4 Å². The van der Waals surface area contributed by atoms with E-state index in [1.165, 1.54) is 12.1 Å². The van der Waals surface area contributed by atoms with Crippen molar-refractivity contribution >= 4 is 17.7 Å². The lowest BCUT2D eigenvalue weighted by Gasteiger charge is -2.20. The predicted molar refractivity (Wildman–Crippen MR) is 127 cm³/mol. The van der Waals surface area contributed by atoms with Gasteiger partial charge in [0.25, 0.3) is 11.8 Å². The van der Waals surface area contributed by atoms with Gasteiger partial charge in [-0.3, -0.25) is 19.1 Å². The van der Waals surface area contributed by atoms with E-state index in [0.29, 0.717) is 50.8 Å². The second-order valence-electron chi connectivity index (χ2n) is 9.01. The smallest absolute Gasteiger partial charge is 0.274 e. The summed E-state index contributed by atoms with van der Waals surface area (Å²) in [6.07, 6.45) is 1.83. The molecule has 0 bridgehead atoms. The molecule has 9 heteroatoms. The van der Waals surface area contributed by atoms with Crippen molar-refractivity contribution in [3.05, 3.63) is 53.1 Å². The molecule has 0 spiro atoms. The van der Waals surface area contributed by atoms with Gasteiger partial charge in [0.1, 0.15) is 11.5 Å². The van der Waals surface area contributed by atoms with Gasteiger partial charge in [0.2, 0.25) is 5.91 Å². The number of carbonyl (C=O) groups excluding carboxylic acids is 3. The van der Waals surface area contributed by atoms with Gasteiger partial charge in [-0.1, -0.05) is 26.0 Å². The number of fused-ring (bicyclic) bond motifs is 1. The maximum atomic E-state index is 13.2. The van der Waals surface area contributed by atoms with Gasteiger partial charge in [-0.25, -0.2) is 4.39 Å². The summed E-state index contributed by atoms with van der Waals surface area (Å²) in [6, 6.07) is 7.62. The van der Waals surface area contributed by atoms with E-state index < -0.39 is 0 Å². The number of carbonyl (C=O) groups is 3. The molecule has 1 aromatic carbocycles. The van der Waals surface area contributed by atoms with Crippen LogP contribution in [0.1, 0.15) is 66.6 Å². The highest BCUT2D eigenvalue weighted by atomic mass is 19.1. The van der Waals surface area contributed by atoms with Crippen LogP contribution >= 0.6 is 0 Å². The van der Waals surface area contributed by atoms with E-state index in [1.807, 2.05) is 6.92 Å². The molecule has 0 radical (unpaired) electrons. The van der Waals surface area contributed by atoms with Gasteiger partial charge in [0.15, 0.2) is 5.69 Å². The molecular weight excluding hydrogens is 437 g/mol. The minimum absolute atomic E-state index is 0.0841. The fourth-order valence-electron chi connectivity index (χ4n) is 3.89. The minimum atomic E-state index is -0.319. The van der Waals surface area contributed by atoms with E-state index in [0.717, 1.165) is 12.0 Å². The van der Waals surface area contributed by atoms with Crippen LogP contribution in [-0.4, -0.2) is 63.5 Å². The average Bonchev–Trinajstić information content (AvgIpc) is 3.17. The van der Waals surface area contributed by atoms with Gasteiger partial charge in [0.05, 0.1) is 0 Å². The number of hydrogen-bond acceptors (Lipinski definition) is 4. The second-order valence-corrected chi connectivity index (χ2v) is 9.01. The first-order valence-corrected chi connectivity index (χ1v) is 12.0. The molecule has 2 heterocycles. The third kappa shape index (κ3) is 6.65. The summed E-state index contributed by atoms with van der Waals surface area (Å²) >= 11 is 0. The van der Waals surface area contributed by atoms with Crippen LogP contribution in [-0.2, 0) is 17.9 Å². The monoisotopic (exact) mass is 471 g/mol. The Morgan fingerprint density at radius 3 is 2.62 bits per heavy atom. The quantitative estimate of drug-likeness (QED) is 0.577. The summed E-state index contributed by atoms with van der Waals surface area (Å²) in [4.78, 5) is 41.6. The molecule has 8 nitrogen and oxygen atoms in total. The van der Waals surface area contributed by atoms with Gasteiger partial charge < -0.3 is 15.1 Å². The first-order chi connectivity index (χ1) is 16.3. The van der Waals surface area contributed by atoms with Crippen molar-refractivity contribution in [2.45, 2.75) is 53.1 Å². The summed E-state index contributed by atoms with van der Waals surface area (Å²) in [5.41, 5.74) is 1.40. The molecule has 184 valence electrons. The number of nitrogens with zero attached hydrogens (tertiary/aromatic N) is 4. The Labute approximate surface area is 200 Å². The molecule has 2 aromatic rings. The van der Waals surface area contributed by atoms with E-state index in [2.05, 4.69) is 24.3 Å². The van der Waals surface area contributed by atoms with Gasteiger partial charge in [-0.2, -0.15) is 5.10 Å². The molecule has 0 fully saturated rings. The number of benzene rings is 1. The Kier molecular flexibility index (Phi) is 8.79. The van der Waals surface area contributed by atoms with Crippen LogP contribution in [0.5, 0.6) is 0 Å². The van der Waals surface area contributed by atoms with E-state index >= 15 is 0 Å². The Morgan fingerprint density at radius 1 is 1.21 bits per heavy atom. The highest BCUT2D eigenvalue weighted by Crippen LogP contribution is 2.18. The van der Waals surface area contributed by atoms with Crippen LogP contribution in [0.25, 0.3) is 0 Å². The highest BCUT2D eigenvalue weighted by Gasteiger charge is 2.28. The van der Waals surface area contributed by atoms with E-state index in [1.54, 1.807) is 32.7 Å². The molecule has 0 unspecified atom stereocenters. The molecule has 1 N–H and O–H groups in total. The molecule has 0 saturated carbocycles. The molecule has 1 aliphatic rings. The third-order valence-electron chi connectivity index (χ3n) is 5.91. The predicted octanol–water partition coefficient (Wildman–Crippen LogP) is 3.08. The Bertz CT molecular complexity index is 1000. The van der Waals surface area contributed by atoms with E-state index in [9.17, 15) is 18.8 Å². The lowest BCUT2D eigenvalue weighted by molar-refractivity contribution is -0.121. The first kappa shape index (κ1) is 25.4. The van der Waals surface area contributed by atoms with Crippen molar-refractivity contribution in [1.82, 2.24) is 24.9 Å². The largest absolute Gasteiger partial charge is 0.356 e. The molecular formula is C25H34FN5O3. The molecule has 3 amide bonds. The van der Waals surface area contributed by atoms with Crippen LogP contribution in [0.2, 0.25) is 0 Å². The highest BCUT2D eigenvalue weighted by molar-refractivity contribution is 5.98. The topological polar surface area (TPSA) is 87.5 Å². The molecule has 0 aliphatic carbocycles. The average molecular weight is 472 g/mol. The van der Waals surface area contributed by atoms with Crippen LogP contribution in [0.4, 0.5) is 4.39 Å².